The Bertz CT molecular complexity index is 2490. The van der Waals surface area contributed by atoms with Crippen LogP contribution in [0.3, 0.4) is 0 Å². The maximum Gasteiger partial charge on any atom is 0.455 e. The Morgan fingerprint density at radius 3 is 1.57 bits per heavy atom. The van der Waals surface area contributed by atoms with Gasteiger partial charge in [-0.1, -0.05) is 147 Å². The molecular weight excluding hydrogens is 846 g/mol. The Balaban J connectivity index is 0.000000203. The Kier molecular flexibility index (Phi) is 11.2. The number of alkyl halides is 3. The van der Waals surface area contributed by atoms with Crippen LogP contribution in [0.5, 0.6) is 5.75 Å². The van der Waals surface area contributed by atoms with Crippen molar-refractivity contribution in [1.82, 2.24) is 4.57 Å². The molecule has 1 radical (unpaired) electrons. The van der Waals surface area contributed by atoms with Gasteiger partial charge >= 0.3 is 6.18 Å². The molecule has 0 saturated heterocycles. The van der Waals surface area contributed by atoms with Crippen molar-refractivity contribution in [2.75, 3.05) is 0 Å². The number of aromatic nitrogens is 1. The summed E-state index contributed by atoms with van der Waals surface area (Å²) in [6.07, 6.45) is -5.31. The molecule has 54 heavy (non-hydrogen) atoms. The van der Waals surface area contributed by atoms with Crippen molar-refractivity contribution in [2.24, 2.45) is 0 Å². The van der Waals surface area contributed by atoms with E-state index in [9.17, 15) is 32.4 Å². The smallest absolute Gasteiger partial charge is 0.455 e. The summed E-state index contributed by atoms with van der Waals surface area (Å²) in [5.41, 5.74) is 1.08. The molecule has 8 rings (SSSR count). The summed E-state index contributed by atoms with van der Waals surface area (Å²) >= 11 is 0. The van der Waals surface area contributed by atoms with Crippen LogP contribution in [0.1, 0.15) is 35.3 Å². The second-order valence-electron chi connectivity index (χ2n) is 13.2. The number of aromatic hydroxyl groups is 1. The molecule has 0 saturated carbocycles. The third-order valence-electron chi connectivity index (χ3n) is 9.71. The predicted octanol–water partition coefficient (Wildman–Crippen LogP) is 9.07. The molecule has 10 heteroatoms. The normalized spacial score (nSPS) is 12.8. The van der Waals surface area contributed by atoms with Crippen LogP contribution in [0, 0.1) is 49.4 Å². The summed E-state index contributed by atoms with van der Waals surface area (Å²) in [4.78, 5) is 25.4. The first-order valence-electron chi connectivity index (χ1n) is 16.8. The number of Topliss-reactive ketones (excluding diaryl/α,β-unsaturated/α-hetero) is 1. The van der Waals surface area contributed by atoms with Crippen molar-refractivity contribution in [2.45, 2.75) is 25.4 Å². The number of carbonyl (C=O) groups is 1. The van der Waals surface area contributed by atoms with Crippen LogP contribution in [0.25, 0.3) is 27.7 Å². The van der Waals surface area contributed by atoms with E-state index in [0.29, 0.717) is 0 Å². The summed E-state index contributed by atoms with van der Waals surface area (Å²) in [7, 11) is -2.78. The van der Waals surface area contributed by atoms with E-state index in [0.717, 1.165) is 42.7 Å². The van der Waals surface area contributed by atoms with E-state index in [1.54, 1.807) is 42.5 Å². The van der Waals surface area contributed by atoms with Crippen LogP contribution in [0.4, 0.5) is 13.2 Å². The molecule has 0 aliphatic heterocycles. The fraction of sp³-hybridized carbons (Fsp3) is 0.0909. The van der Waals surface area contributed by atoms with E-state index in [-0.39, 0.29) is 66.0 Å². The molecule has 271 valence electrons. The molecule has 1 N–H and O–H groups in total. The van der Waals surface area contributed by atoms with Crippen LogP contribution < -0.4 is 21.5 Å². The maximum atomic E-state index is 13.8. The van der Waals surface area contributed by atoms with Gasteiger partial charge in [0.05, 0.1) is 5.52 Å². The molecule has 0 fully saturated rings. The zero-order valence-corrected chi connectivity index (χ0v) is 32.4. The van der Waals surface area contributed by atoms with E-state index in [2.05, 4.69) is 0 Å². The van der Waals surface area contributed by atoms with Crippen LogP contribution in [-0.4, -0.2) is 21.6 Å². The summed E-state index contributed by atoms with van der Waals surface area (Å²) < 4.78 is 54.9. The van der Waals surface area contributed by atoms with Gasteiger partial charge in [0.2, 0.25) is 0 Å². The Labute approximate surface area is 351 Å². The van der Waals surface area contributed by atoms with Gasteiger partial charge < -0.3 is 9.67 Å². The molecular formula is C44H33EuF3NO4P. The number of carbonyl (C=O) groups excluding carboxylic acids is 1. The monoisotopic (exact) mass is 880 g/mol. The number of fused-ring (bicyclic) bond motifs is 4. The number of hydrogen-bond donors (Lipinski definition) is 1. The van der Waals surface area contributed by atoms with E-state index < -0.39 is 41.4 Å². The minimum absolute atomic E-state index is 0. The van der Waals surface area contributed by atoms with Gasteiger partial charge in [-0.15, -0.1) is 0 Å². The zero-order valence-electron chi connectivity index (χ0n) is 29.1. The number of halogens is 3. The number of benzene rings is 6. The van der Waals surface area contributed by atoms with Crippen LogP contribution in [0.2, 0.25) is 0 Å². The summed E-state index contributed by atoms with van der Waals surface area (Å²) in [5, 5.41) is 13.4. The van der Waals surface area contributed by atoms with Crippen molar-refractivity contribution in [3.8, 4) is 22.6 Å². The van der Waals surface area contributed by atoms with Crippen molar-refractivity contribution in [1.29, 1.82) is 0 Å². The molecule has 5 nitrogen and oxygen atoms in total. The number of pyridine rings is 1. The molecule has 0 spiro atoms. The number of rotatable bonds is 5. The van der Waals surface area contributed by atoms with Gasteiger partial charge in [-0.25, -0.2) is 0 Å². The maximum absolute atomic E-state index is 13.8. The Morgan fingerprint density at radius 1 is 0.648 bits per heavy atom. The predicted molar refractivity (Wildman–Crippen MR) is 205 cm³/mol. The number of ketones is 1. The van der Waals surface area contributed by atoms with Gasteiger partial charge in [0.15, 0.2) is 7.14 Å². The molecule has 0 amide bonds. The standard InChI is InChI=1S/C26H18F3NO3.C18H15OP.Eu/c1-25(2)18-11-7-6-10-15(18)16-13-20-17(12-19(16)25)22(31)21(23(32)26(27,28)29)24(33)30(20)14-8-4-3-5-9-14;19-20(16-10-4-1-5-11-16,17-12-6-2-7-13-17)18-14-8-3-9-15-18;/h3-13,31H,1-2H3;1-15H;. The van der Waals surface area contributed by atoms with Crippen LogP contribution in [-0.2, 0) is 9.98 Å². The minimum atomic E-state index is -5.31. The van der Waals surface area contributed by atoms with Gasteiger partial charge in [0.25, 0.3) is 11.3 Å². The number of hydrogen-bond acceptors (Lipinski definition) is 4. The second-order valence-corrected chi connectivity index (χ2v) is 16.0. The first-order chi connectivity index (χ1) is 25.3. The topological polar surface area (TPSA) is 76.4 Å². The average molecular weight is 880 g/mol. The Morgan fingerprint density at radius 2 is 1.09 bits per heavy atom. The fourth-order valence-corrected chi connectivity index (χ4v) is 9.78. The second kappa shape index (κ2) is 15.4. The van der Waals surface area contributed by atoms with Gasteiger partial charge in [-0.3, -0.25) is 14.2 Å². The first kappa shape index (κ1) is 39.3. The molecule has 1 aromatic heterocycles. The van der Waals surface area contributed by atoms with Gasteiger partial charge in [0.1, 0.15) is 11.3 Å². The van der Waals surface area contributed by atoms with Crippen molar-refractivity contribution >= 4 is 39.7 Å². The van der Waals surface area contributed by atoms with E-state index in [1.165, 1.54) is 0 Å². The SMILES string of the molecule is CC1(C)c2ccccc2-c2cc3c(cc21)c(O)c(C(=O)C(F)(F)F)c(=O)n3-c1ccccc1.O=P(c1ccccc1)(c1ccccc1)c1ccccc1.[Eu]. The Hall–Kier alpha value is -4.40. The minimum Gasteiger partial charge on any atom is -0.506 e. The summed E-state index contributed by atoms with van der Waals surface area (Å²) in [6.45, 7) is 3.96. The largest absolute Gasteiger partial charge is 0.506 e. The quantitative estimate of drug-likeness (QED) is 0.138. The zero-order chi connectivity index (χ0) is 37.5. The van der Waals surface area contributed by atoms with E-state index >= 15 is 0 Å². The van der Waals surface area contributed by atoms with Gasteiger partial charge in [0, 0.05) is 81.8 Å². The van der Waals surface area contributed by atoms with Crippen molar-refractivity contribution in [3.05, 3.63) is 185 Å². The first-order valence-corrected chi connectivity index (χ1v) is 18.6. The van der Waals surface area contributed by atoms with Crippen molar-refractivity contribution < 1.29 is 77.0 Å². The number of para-hydroxylation sites is 1. The van der Waals surface area contributed by atoms with Crippen LogP contribution >= 0.6 is 7.14 Å². The third kappa shape index (κ3) is 6.88. The molecule has 1 aliphatic rings. The molecule has 1 aliphatic carbocycles. The molecule has 0 bridgehead atoms. The van der Waals surface area contributed by atoms with Gasteiger partial charge in [-0.2, -0.15) is 13.2 Å². The molecule has 7 aromatic rings. The third-order valence-corrected chi connectivity index (χ3v) is 12.8. The average Bonchev–Trinajstić information content (AvgIpc) is 3.40. The fourth-order valence-electron chi connectivity index (χ4n) is 7.11. The van der Waals surface area contributed by atoms with Crippen LogP contribution in [0.15, 0.2) is 163 Å². The summed E-state index contributed by atoms with van der Waals surface area (Å²) in [6, 6.07) is 48.3. The van der Waals surface area contributed by atoms with Crippen molar-refractivity contribution in [3.63, 3.8) is 0 Å². The number of nitrogens with zero attached hydrogens (tertiary/aromatic N) is 1. The molecule has 6 aromatic carbocycles. The summed E-state index contributed by atoms with van der Waals surface area (Å²) in [5.74, 6) is -3.33. The van der Waals surface area contributed by atoms with E-state index in [4.69, 9.17) is 0 Å². The molecule has 0 unspecified atom stereocenters. The molecule has 0 atom stereocenters. The molecule has 1 heterocycles. The van der Waals surface area contributed by atoms with Gasteiger partial charge in [-0.05, 0) is 46.5 Å². The van der Waals surface area contributed by atoms with E-state index in [1.807, 2.05) is 129 Å².